The van der Waals surface area contributed by atoms with Crippen molar-refractivity contribution in [2.24, 2.45) is 5.92 Å². The molecule has 0 spiro atoms. The standard InChI is InChI=1S/C13H18F3N3O/c1-8-4-3-5-9(6-8)20-11-7-10(17-2)18-12(19-11)13(14,15)16/h7-9H,3-6H2,1-2H3,(H,17,18,19). The number of halogens is 3. The van der Waals surface area contributed by atoms with Crippen molar-refractivity contribution in [1.82, 2.24) is 9.97 Å². The van der Waals surface area contributed by atoms with Gasteiger partial charge in [0.1, 0.15) is 11.9 Å². The highest BCUT2D eigenvalue weighted by molar-refractivity contribution is 5.38. The summed E-state index contributed by atoms with van der Waals surface area (Å²) in [7, 11) is 1.51. The summed E-state index contributed by atoms with van der Waals surface area (Å²) in [5.74, 6) is -0.563. The van der Waals surface area contributed by atoms with Crippen molar-refractivity contribution in [3.05, 3.63) is 11.9 Å². The van der Waals surface area contributed by atoms with Gasteiger partial charge in [0.05, 0.1) is 0 Å². The molecular formula is C13H18F3N3O. The fraction of sp³-hybridized carbons (Fsp3) is 0.692. The van der Waals surface area contributed by atoms with Gasteiger partial charge in [-0.15, -0.1) is 0 Å². The Morgan fingerprint density at radius 2 is 2.05 bits per heavy atom. The van der Waals surface area contributed by atoms with Crippen LogP contribution in [0.2, 0.25) is 0 Å². The second kappa shape index (κ2) is 5.85. The van der Waals surface area contributed by atoms with Gasteiger partial charge < -0.3 is 10.1 Å². The van der Waals surface area contributed by atoms with Crippen molar-refractivity contribution in [3.63, 3.8) is 0 Å². The Morgan fingerprint density at radius 3 is 2.65 bits per heavy atom. The number of rotatable bonds is 3. The summed E-state index contributed by atoms with van der Waals surface area (Å²) in [6.07, 6.45) is -0.781. The Morgan fingerprint density at radius 1 is 1.30 bits per heavy atom. The van der Waals surface area contributed by atoms with Gasteiger partial charge in [0.15, 0.2) is 0 Å². The highest BCUT2D eigenvalue weighted by Gasteiger charge is 2.36. The fourth-order valence-corrected chi connectivity index (χ4v) is 2.40. The van der Waals surface area contributed by atoms with Crippen LogP contribution in [-0.2, 0) is 6.18 Å². The van der Waals surface area contributed by atoms with Gasteiger partial charge in [0.2, 0.25) is 11.7 Å². The van der Waals surface area contributed by atoms with E-state index in [0.717, 1.165) is 25.7 Å². The molecule has 1 aliphatic rings. The third-order valence-electron chi connectivity index (χ3n) is 3.39. The van der Waals surface area contributed by atoms with Gasteiger partial charge in [-0.2, -0.15) is 18.2 Å². The summed E-state index contributed by atoms with van der Waals surface area (Å²) in [6.45, 7) is 2.12. The van der Waals surface area contributed by atoms with Crippen LogP contribution in [0.3, 0.4) is 0 Å². The predicted octanol–water partition coefficient (Wildman–Crippen LogP) is 3.49. The van der Waals surface area contributed by atoms with Gasteiger partial charge in [0.25, 0.3) is 0 Å². The SMILES string of the molecule is CNc1cc(OC2CCCC(C)C2)nc(C(F)(F)F)n1. The van der Waals surface area contributed by atoms with E-state index >= 15 is 0 Å². The van der Waals surface area contributed by atoms with Crippen LogP contribution in [0.4, 0.5) is 19.0 Å². The van der Waals surface area contributed by atoms with Crippen LogP contribution < -0.4 is 10.1 Å². The Kier molecular flexibility index (Phi) is 4.35. The monoisotopic (exact) mass is 289 g/mol. The molecule has 0 aliphatic heterocycles. The zero-order valence-electron chi connectivity index (χ0n) is 11.5. The summed E-state index contributed by atoms with van der Waals surface area (Å²) < 4.78 is 43.8. The Bertz CT molecular complexity index is 465. The van der Waals surface area contributed by atoms with Crippen molar-refractivity contribution in [3.8, 4) is 5.88 Å². The van der Waals surface area contributed by atoms with Crippen molar-refractivity contribution in [1.29, 1.82) is 0 Å². The lowest BCUT2D eigenvalue weighted by Crippen LogP contribution is -2.25. The summed E-state index contributed by atoms with van der Waals surface area (Å²) in [6, 6.07) is 1.40. The molecule has 20 heavy (non-hydrogen) atoms. The molecule has 0 saturated heterocycles. The number of aromatic nitrogens is 2. The molecule has 1 aromatic heterocycles. The first-order valence-electron chi connectivity index (χ1n) is 6.69. The quantitative estimate of drug-likeness (QED) is 0.925. The molecule has 0 bridgehead atoms. The minimum Gasteiger partial charge on any atom is -0.474 e. The van der Waals surface area contributed by atoms with Crippen LogP contribution in [-0.4, -0.2) is 23.1 Å². The molecule has 2 unspecified atom stereocenters. The summed E-state index contributed by atoms with van der Waals surface area (Å²) in [4.78, 5) is 6.88. The Balaban J connectivity index is 2.18. The average Bonchev–Trinajstić information content (AvgIpc) is 2.37. The lowest BCUT2D eigenvalue weighted by atomic mass is 9.89. The molecule has 1 N–H and O–H groups in total. The molecule has 1 aliphatic carbocycles. The number of alkyl halides is 3. The number of ether oxygens (including phenoxy) is 1. The largest absolute Gasteiger partial charge is 0.474 e. The lowest BCUT2D eigenvalue weighted by molar-refractivity contribution is -0.145. The minimum absolute atomic E-state index is 0.0178. The van der Waals surface area contributed by atoms with E-state index in [1.54, 1.807) is 0 Å². The van der Waals surface area contributed by atoms with Crippen molar-refractivity contribution >= 4 is 5.82 Å². The van der Waals surface area contributed by atoms with Gasteiger partial charge in [0, 0.05) is 13.1 Å². The first kappa shape index (κ1) is 14.9. The Hall–Kier alpha value is -1.53. The normalized spacial score (nSPS) is 23.4. The predicted molar refractivity (Wildman–Crippen MR) is 68.6 cm³/mol. The van der Waals surface area contributed by atoms with Gasteiger partial charge in [-0.1, -0.05) is 13.3 Å². The molecule has 2 rings (SSSR count). The third kappa shape index (κ3) is 3.74. The van der Waals surface area contributed by atoms with Crippen LogP contribution in [0.1, 0.15) is 38.4 Å². The van der Waals surface area contributed by atoms with Crippen LogP contribution in [0.15, 0.2) is 6.07 Å². The number of nitrogens with one attached hydrogen (secondary N) is 1. The van der Waals surface area contributed by atoms with E-state index in [4.69, 9.17) is 4.74 Å². The smallest absolute Gasteiger partial charge is 0.451 e. The zero-order chi connectivity index (χ0) is 14.8. The summed E-state index contributed by atoms with van der Waals surface area (Å²) in [5.41, 5.74) is 0. The zero-order valence-corrected chi connectivity index (χ0v) is 11.5. The van der Waals surface area contributed by atoms with Gasteiger partial charge in [-0.3, -0.25) is 0 Å². The average molecular weight is 289 g/mol. The summed E-state index contributed by atoms with van der Waals surface area (Å²) >= 11 is 0. The third-order valence-corrected chi connectivity index (χ3v) is 3.39. The molecule has 112 valence electrons. The molecule has 1 heterocycles. The maximum atomic E-state index is 12.7. The molecular weight excluding hydrogens is 271 g/mol. The number of nitrogens with zero attached hydrogens (tertiary/aromatic N) is 2. The molecule has 7 heteroatoms. The molecule has 1 saturated carbocycles. The molecule has 1 aromatic rings. The first-order chi connectivity index (χ1) is 9.38. The number of hydrogen-bond donors (Lipinski definition) is 1. The molecule has 1 fully saturated rings. The molecule has 2 atom stereocenters. The van der Waals surface area contributed by atoms with E-state index in [9.17, 15) is 13.2 Å². The molecule has 4 nitrogen and oxygen atoms in total. The van der Waals surface area contributed by atoms with Crippen LogP contribution in [0, 0.1) is 5.92 Å². The van der Waals surface area contributed by atoms with Gasteiger partial charge >= 0.3 is 6.18 Å². The van der Waals surface area contributed by atoms with Crippen molar-refractivity contribution < 1.29 is 17.9 Å². The van der Waals surface area contributed by atoms with Crippen LogP contribution in [0.5, 0.6) is 5.88 Å². The van der Waals surface area contributed by atoms with Crippen LogP contribution in [0.25, 0.3) is 0 Å². The van der Waals surface area contributed by atoms with Crippen molar-refractivity contribution in [2.75, 3.05) is 12.4 Å². The van der Waals surface area contributed by atoms with E-state index in [1.165, 1.54) is 13.1 Å². The molecule has 0 amide bonds. The highest BCUT2D eigenvalue weighted by atomic mass is 19.4. The van der Waals surface area contributed by atoms with Crippen LogP contribution >= 0.6 is 0 Å². The van der Waals surface area contributed by atoms with E-state index in [1.807, 2.05) is 0 Å². The topological polar surface area (TPSA) is 47.0 Å². The summed E-state index contributed by atoms with van der Waals surface area (Å²) in [5, 5.41) is 2.59. The molecule has 0 aromatic carbocycles. The maximum Gasteiger partial charge on any atom is 0.451 e. The minimum atomic E-state index is -4.58. The second-order valence-corrected chi connectivity index (χ2v) is 5.17. The Labute approximate surface area is 115 Å². The van der Waals surface area contributed by atoms with Gasteiger partial charge in [-0.05, 0) is 25.2 Å². The molecule has 0 radical (unpaired) electrons. The first-order valence-corrected chi connectivity index (χ1v) is 6.69. The number of hydrogen-bond acceptors (Lipinski definition) is 4. The maximum absolute atomic E-state index is 12.7. The van der Waals surface area contributed by atoms with E-state index < -0.39 is 12.0 Å². The second-order valence-electron chi connectivity index (χ2n) is 5.17. The van der Waals surface area contributed by atoms with E-state index in [-0.39, 0.29) is 17.8 Å². The fourth-order valence-electron chi connectivity index (χ4n) is 2.40. The highest BCUT2D eigenvalue weighted by Crippen LogP contribution is 2.31. The lowest BCUT2D eigenvalue weighted by Gasteiger charge is -2.27. The van der Waals surface area contributed by atoms with Gasteiger partial charge in [-0.25, -0.2) is 4.98 Å². The van der Waals surface area contributed by atoms with E-state index in [0.29, 0.717) is 5.92 Å². The van der Waals surface area contributed by atoms with E-state index in [2.05, 4.69) is 22.2 Å². The number of anilines is 1. The van der Waals surface area contributed by atoms with Crippen molar-refractivity contribution in [2.45, 2.75) is 44.9 Å².